The van der Waals surface area contributed by atoms with Crippen LogP contribution in [0.3, 0.4) is 0 Å². The highest BCUT2D eigenvalue weighted by molar-refractivity contribution is 4.90. The summed E-state index contributed by atoms with van der Waals surface area (Å²) in [7, 11) is 4.42. The molecule has 0 aromatic rings. The van der Waals surface area contributed by atoms with Crippen molar-refractivity contribution in [1.29, 1.82) is 0 Å². The Kier molecular flexibility index (Phi) is 6.37. The van der Waals surface area contributed by atoms with Crippen LogP contribution in [0, 0.1) is 0 Å². The smallest absolute Gasteiger partial charge is 0.0190 e. The molecule has 1 aliphatic carbocycles. The van der Waals surface area contributed by atoms with Crippen LogP contribution in [-0.2, 0) is 0 Å². The van der Waals surface area contributed by atoms with Crippen molar-refractivity contribution in [3.05, 3.63) is 0 Å². The third kappa shape index (κ3) is 4.42. The molecule has 1 aliphatic rings. The molecule has 0 spiro atoms. The van der Waals surface area contributed by atoms with Gasteiger partial charge in [-0.05, 0) is 52.9 Å². The first-order chi connectivity index (χ1) is 7.72. The fraction of sp³-hybridized carbons (Fsp3) is 1.00. The van der Waals surface area contributed by atoms with Gasteiger partial charge in [-0.15, -0.1) is 0 Å². The minimum Gasteiger partial charge on any atom is -0.314 e. The first-order valence-electron chi connectivity index (χ1n) is 7.10. The number of hydrogen-bond donors (Lipinski definition) is 1. The summed E-state index contributed by atoms with van der Waals surface area (Å²) in [5, 5.41) is 3.60. The van der Waals surface area contributed by atoms with E-state index in [2.05, 4.69) is 31.2 Å². The summed E-state index contributed by atoms with van der Waals surface area (Å²) in [5.74, 6) is 0. The van der Waals surface area contributed by atoms with Crippen molar-refractivity contribution in [3.63, 3.8) is 0 Å². The molecule has 0 aromatic heterocycles. The van der Waals surface area contributed by atoms with Crippen LogP contribution in [0.25, 0.3) is 0 Å². The van der Waals surface area contributed by atoms with Crippen LogP contribution >= 0.6 is 0 Å². The van der Waals surface area contributed by atoms with Crippen LogP contribution in [0.15, 0.2) is 0 Å². The molecular formula is C14H30N2. The highest BCUT2D eigenvalue weighted by atomic mass is 15.1. The summed E-state index contributed by atoms with van der Waals surface area (Å²) >= 11 is 0. The molecule has 2 nitrogen and oxygen atoms in total. The lowest BCUT2D eigenvalue weighted by molar-refractivity contribution is 0.196. The normalized spacial score (nSPS) is 20.2. The topological polar surface area (TPSA) is 15.3 Å². The van der Waals surface area contributed by atoms with Gasteiger partial charge in [0, 0.05) is 5.54 Å². The number of unbranched alkanes of at least 4 members (excludes halogenated alkanes) is 1. The molecule has 96 valence electrons. The van der Waals surface area contributed by atoms with Crippen molar-refractivity contribution < 1.29 is 0 Å². The third-order valence-electron chi connectivity index (χ3n) is 4.21. The van der Waals surface area contributed by atoms with E-state index in [1.165, 1.54) is 64.5 Å². The Balaban J connectivity index is 2.27. The van der Waals surface area contributed by atoms with Gasteiger partial charge in [-0.2, -0.15) is 0 Å². The van der Waals surface area contributed by atoms with Crippen LogP contribution in [0.4, 0.5) is 0 Å². The molecule has 1 N–H and O–H groups in total. The molecule has 0 unspecified atom stereocenters. The lowest BCUT2D eigenvalue weighted by Gasteiger charge is -2.38. The zero-order valence-corrected chi connectivity index (χ0v) is 11.5. The Labute approximate surface area is 102 Å². The first-order valence-corrected chi connectivity index (χ1v) is 7.10. The van der Waals surface area contributed by atoms with E-state index in [0.29, 0.717) is 5.54 Å². The zero-order valence-electron chi connectivity index (χ0n) is 11.5. The average molecular weight is 226 g/mol. The molecule has 2 heteroatoms. The summed E-state index contributed by atoms with van der Waals surface area (Å²) < 4.78 is 0. The maximum atomic E-state index is 3.60. The second-order valence-corrected chi connectivity index (χ2v) is 5.50. The SMILES string of the molecule is CCCCN(C)CCC1(NC)CCCCC1. The van der Waals surface area contributed by atoms with Gasteiger partial charge in [0.05, 0.1) is 0 Å². The Morgan fingerprint density at radius 2 is 1.81 bits per heavy atom. The molecule has 16 heavy (non-hydrogen) atoms. The van der Waals surface area contributed by atoms with E-state index in [0.717, 1.165) is 0 Å². The quantitative estimate of drug-likeness (QED) is 0.718. The van der Waals surface area contributed by atoms with E-state index >= 15 is 0 Å². The molecule has 0 aliphatic heterocycles. The third-order valence-corrected chi connectivity index (χ3v) is 4.21. The molecule has 1 saturated carbocycles. The maximum absolute atomic E-state index is 3.60. The van der Waals surface area contributed by atoms with Crippen molar-refractivity contribution in [2.45, 2.75) is 63.8 Å². The maximum Gasteiger partial charge on any atom is 0.0190 e. The minimum atomic E-state index is 0.457. The van der Waals surface area contributed by atoms with Crippen LogP contribution in [0.2, 0.25) is 0 Å². The van der Waals surface area contributed by atoms with E-state index < -0.39 is 0 Å². The molecule has 0 saturated heterocycles. The van der Waals surface area contributed by atoms with Crippen molar-refractivity contribution in [3.8, 4) is 0 Å². The van der Waals surface area contributed by atoms with Crippen molar-refractivity contribution in [2.75, 3.05) is 27.2 Å². The van der Waals surface area contributed by atoms with Gasteiger partial charge < -0.3 is 10.2 Å². The minimum absolute atomic E-state index is 0.457. The second-order valence-electron chi connectivity index (χ2n) is 5.50. The van der Waals surface area contributed by atoms with E-state index in [1.54, 1.807) is 0 Å². The van der Waals surface area contributed by atoms with Crippen LogP contribution in [0.5, 0.6) is 0 Å². The Morgan fingerprint density at radius 3 is 2.38 bits per heavy atom. The molecule has 1 fully saturated rings. The predicted octanol–water partition coefficient (Wildman–Crippen LogP) is 3.03. The zero-order chi connectivity index (χ0) is 11.9. The highest BCUT2D eigenvalue weighted by Crippen LogP contribution is 2.30. The lowest BCUT2D eigenvalue weighted by atomic mass is 9.79. The average Bonchev–Trinajstić information content (AvgIpc) is 2.35. The van der Waals surface area contributed by atoms with Crippen molar-refractivity contribution in [1.82, 2.24) is 10.2 Å². The molecule has 0 bridgehead atoms. The second kappa shape index (κ2) is 7.29. The highest BCUT2D eigenvalue weighted by Gasteiger charge is 2.29. The summed E-state index contributed by atoms with van der Waals surface area (Å²) in [6.45, 7) is 4.78. The van der Waals surface area contributed by atoms with E-state index in [-0.39, 0.29) is 0 Å². The summed E-state index contributed by atoms with van der Waals surface area (Å²) in [6.07, 6.45) is 11.0. The molecule has 0 heterocycles. The van der Waals surface area contributed by atoms with Gasteiger partial charge in [0.15, 0.2) is 0 Å². The Hall–Kier alpha value is -0.0800. The summed E-state index contributed by atoms with van der Waals surface area (Å²) in [6, 6.07) is 0. The van der Waals surface area contributed by atoms with Crippen LogP contribution < -0.4 is 5.32 Å². The molecule has 0 amide bonds. The molecule has 0 aromatic carbocycles. The summed E-state index contributed by atoms with van der Waals surface area (Å²) in [4.78, 5) is 2.50. The monoisotopic (exact) mass is 226 g/mol. The predicted molar refractivity (Wildman–Crippen MR) is 71.9 cm³/mol. The molecular weight excluding hydrogens is 196 g/mol. The van der Waals surface area contributed by atoms with Gasteiger partial charge in [0.2, 0.25) is 0 Å². The largest absolute Gasteiger partial charge is 0.314 e. The fourth-order valence-corrected chi connectivity index (χ4v) is 2.80. The fourth-order valence-electron chi connectivity index (χ4n) is 2.80. The van der Waals surface area contributed by atoms with Gasteiger partial charge in [-0.3, -0.25) is 0 Å². The van der Waals surface area contributed by atoms with Gasteiger partial charge in [0.1, 0.15) is 0 Å². The van der Waals surface area contributed by atoms with E-state index in [4.69, 9.17) is 0 Å². The molecule has 0 radical (unpaired) electrons. The number of hydrogen-bond acceptors (Lipinski definition) is 2. The Morgan fingerprint density at radius 1 is 1.12 bits per heavy atom. The van der Waals surface area contributed by atoms with Gasteiger partial charge in [-0.1, -0.05) is 32.6 Å². The number of rotatable bonds is 7. The number of nitrogens with zero attached hydrogens (tertiary/aromatic N) is 1. The van der Waals surface area contributed by atoms with Gasteiger partial charge >= 0.3 is 0 Å². The lowest BCUT2D eigenvalue weighted by Crippen LogP contribution is -2.46. The van der Waals surface area contributed by atoms with Crippen molar-refractivity contribution in [2.24, 2.45) is 0 Å². The standard InChI is InChI=1S/C14H30N2/c1-4-5-12-16(3)13-11-14(15-2)9-7-6-8-10-14/h15H,4-13H2,1-3H3. The molecule has 0 atom stereocenters. The Bertz CT molecular complexity index is 174. The first kappa shape index (κ1) is 14.0. The molecule has 1 rings (SSSR count). The van der Waals surface area contributed by atoms with E-state index in [1.807, 2.05) is 0 Å². The van der Waals surface area contributed by atoms with E-state index in [9.17, 15) is 0 Å². The van der Waals surface area contributed by atoms with Crippen LogP contribution in [-0.4, -0.2) is 37.6 Å². The van der Waals surface area contributed by atoms with Crippen LogP contribution in [0.1, 0.15) is 58.3 Å². The summed E-state index contributed by atoms with van der Waals surface area (Å²) in [5.41, 5.74) is 0.457. The van der Waals surface area contributed by atoms with Gasteiger partial charge in [-0.25, -0.2) is 0 Å². The number of nitrogens with one attached hydrogen (secondary N) is 1. The van der Waals surface area contributed by atoms with Gasteiger partial charge in [0.25, 0.3) is 0 Å². The van der Waals surface area contributed by atoms with Crippen molar-refractivity contribution >= 4 is 0 Å².